The highest BCUT2D eigenvalue weighted by molar-refractivity contribution is 5.38. The molecule has 0 heterocycles. The van der Waals surface area contributed by atoms with Gasteiger partial charge in [-0.3, -0.25) is 0 Å². The molecule has 0 saturated carbocycles. The van der Waals surface area contributed by atoms with Gasteiger partial charge in [0.25, 0.3) is 0 Å². The van der Waals surface area contributed by atoms with Crippen molar-refractivity contribution in [1.29, 1.82) is 5.26 Å². The van der Waals surface area contributed by atoms with E-state index < -0.39 is 5.54 Å². The van der Waals surface area contributed by atoms with E-state index in [1.165, 1.54) is 5.56 Å². The number of ether oxygens (including phenoxy) is 1. The highest BCUT2D eigenvalue weighted by Gasteiger charge is 2.26. The van der Waals surface area contributed by atoms with Gasteiger partial charge in [-0.05, 0) is 36.6 Å². The molecule has 0 spiro atoms. The summed E-state index contributed by atoms with van der Waals surface area (Å²) in [7, 11) is 0. The van der Waals surface area contributed by atoms with E-state index in [1.54, 1.807) is 0 Å². The lowest BCUT2D eigenvalue weighted by molar-refractivity contribution is 0.279. The fourth-order valence-corrected chi connectivity index (χ4v) is 2.20. The van der Waals surface area contributed by atoms with Gasteiger partial charge < -0.3 is 10.5 Å². The van der Waals surface area contributed by atoms with Crippen LogP contribution in [0.15, 0.2) is 48.5 Å². The summed E-state index contributed by atoms with van der Waals surface area (Å²) in [6, 6.07) is 17.6. The first-order valence-electron chi connectivity index (χ1n) is 7.01. The molecule has 0 aromatic heterocycles. The maximum atomic E-state index is 9.40. The van der Waals surface area contributed by atoms with Gasteiger partial charge in [-0.2, -0.15) is 5.26 Å². The number of rotatable bonds is 5. The van der Waals surface area contributed by atoms with Crippen LogP contribution in [0.4, 0.5) is 0 Å². The maximum absolute atomic E-state index is 9.40. The van der Waals surface area contributed by atoms with Gasteiger partial charge in [-0.25, -0.2) is 0 Å². The molecule has 2 aromatic rings. The Bertz CT molecular complexity index is 646. The Balaban J connectivity index is 2.05. The van der Waals surface area contributed by atoms with Crippen molar-refractivity contribution in [1.82, 2.24) is 0 Å². The largest absolute Gasteiger partial charge is 0.493 e. The lowest BCUT2D eigenvalue weighted by atomic mass is 9.89. The third kappa shape index (κ3) is 3.42. The molecule has 0 aliphatic heterocycles. The number of hydrogen-bond donors (Lipinski definition) is 1. The van der Waals surface area contributed by atoms with E-state index in [-0.39, 0.29) is 0 Å². The average molecular weight is 280 g/mol. The van der Waals surface area contributed by atoms with Crippen LogP contribution in [0.1, 0.15) is 23.1 Å². The van der Waals surface area contributed by atoms with Gasteiger partial charge in [0, 0.05) is 6.42 Å². The number of nitriles is 1. The Morgan fingerprint density at radius 3 is 2.48 bits per heavy atom. The van der Waals surface area contributed by atoms with Crippen LogP contribution < -0.4 is 10.5 Å². The molecule has 108 valence electrons. The molecule has 2 N–H and O–H groups in total. The number of aryl methyl sites for hydroxylation is 1. The van der Waals surface area contributed by atoms with Crippen LogP contribution in [0.2, 0.25) is 0 Å². The van der Waals surface area contributed by atoms with Crippen molar-refractivity contribution in [3.63, 3.8) is 0 Å². The molecular formula is C18H20N2O. The SMILES string of the molecule is Cc1cccc(OCCC(N)(C#N)c2ccccc2)c1C. The van der Waals surface area contributed by atoms with E-state index in [9.17, 15) is 5.26 Å². The lowest BCUT2D eigenvalue weighted by Gasteiger charge is -2.22. The Labute approximate surface area is 126 Å². The van der Waals surface area contributed by atoms with Gasteiger partial charge in [0.1, 0.15) is 11.3 Å². The van der Waals surface area contributed by atoms with Gasteiger partial charge in [0.2, 0.25) is 0 Å². The minimum Gasteiger partial charge on any atom is -0.493 e. The van der Waals surface area contributed by atoms with Crippen LogP contribution >= 0.6 is 0 Å². The zero-order chi connectivity index (χ0) is 15.3. The fourth-order valence-electron chi connectivity index (χ4n) is 2.20. The summed E-state index contributed by atoms with van der Waals surface area (Å²) in [5, 5.41) is 9.40. The molecule has 0 amide bonds. The second kappa shape index (κ2) is 6.43. The maximum Gasteiger partial charge on any atom is 0.133 e. The predicted octanol–water partition coefficient (Wildman–Crippen LogP) is 3.45. The van der Waals surface area contributed by atoms with Crippen LogP contribution in [0.5, 0.6) is 5.75 Å². The van der Waals surface area contributed by atoms with Gasteiger partial charge in [-0.15, -0.1) is 0 Å². The Morgan fingerprint density at radius 1 is 1.10 bits per heavy atom. The standard InChI is InChI=1S/C18H20N2O/c1-14-7-6-10-17(15(14)2)21-12-11-18(20,13-19)16-8-4-3-5-9-16/h3-10H,11-12,20H2,1-2H3. The minimum absolute atomic E-state index is 0.406. The number of benzene rings is 2. The molecule has 0 bridgehead atoms. The molecule has 2 rings (SSSR count). The van der Waals surface area contributed by atoms with Gasteiger partial charge in [-0.1, -0.05) is 42.5 Å². The molecule has 3 heteroatoms. The van der Waals surface area contributed by atoms with Crippen LogP contribution in [-0.4, -0.2) is 6.61 Å². The monoisotopic (exact) mass is 280 g/mol. The third-order valence-electron chi connectivity index (χ3n) is 3.80. The topological polar surface area (TPSA) is 59.0 Å². The molecule has 21 heavy (non-hydrogen) atoms. The molecule has 0 fully saturated rings. The zero-order valence-electron chi connectivity index (χ0n) is 12.5. The van der Waals surface area contributed by atoms with Crippen molar-refractivity contribution >= 4 is 0 Å². The second-order valence-corrected chi connectivity index (χ2v) is 5.25. The fraction of sp³-hybridized carbons (Fsp3) is 0.278. The van der Waals surface area contributed by atoms with Gasteiger partial charge in [0.15, 0.2) is 0 Å². The molecule has 2 aromatic carbocycles. The molecular weight excluding hydrogens is 260 g/mol. The van der Waals surface area contributed by atoms with Crippen molar-refractivity contribution < 1.29 is 4.74 Å². The van der Waals surface area contributed by atoms with Crippen LogP contribution in [0.3, 0.4) is 0 Å². The molecule has 3 nitrogen and oxygen atoms in total. The van der Waals surface area contributed by atoms with E-state index in [0.717, 1.165) is 16.9 Å². The Kier molecular flexibility index (Phi) is 4.62. The summed E-state index contributed by atoms with van der Waals surface area (Å²) in [5.74, 6) is 0.850. The number of nitrogens with two attached hydrogens (primary N) is 1. The highest BCUT2D eigenvalue weighted by atomic mass is 16.5. The molecule has 0 aliphatic carbocycles. The summed E-state index contributed by atoms with van der Waals surface area (Å²) < 4.78 is 5.81. The van der Waals surface area contributed by atoms with Crippen molar-refractivity contribution in [2.45, 2.75) is 25.8 Å². The van der Waals surface area contributed by atoms with Crippen LogP contribution in [-0.2, 0) is 5.54 Å². The summed E-state index contributed by atoms with van der Waals surface area (Å²) in [6.45, 7) is 4.49. The van der Waals surface area contributed by atoms with Crippen LogP contribution in [0, 0.1) is 25.2 Å². The van der Waals surface area contributed by atoms with Gasteiger partial charge in [0.05, 0.1) is 12.7 Å². The van der Waals surface area contributed by atoms with E-state index in [1.807, 2.05) is 49.4 Å². The predicted molar refractivity (Wildman–Crippen MR) is 83.9 cm³/mol. The van der Waals surface area contributed by atoms with Crippen molar-refractivity contribution in [3.05, 3.63) is 65.2 Å². The van der Waals surface area contributed by atoms with Crippen molar-refractivity contribution in [2.24, 2.45) is 5.73 Å². The quantitative estimate of drug-likeness (QED) is 0.912. The molecule has 0 radical (unpaired) electrons. The van der Waals surface area contributed by atoms with Crippen molar-refractivity contribution in [3.8, 4) is 11.8 Å². The van der Waals surface area contributed by atoms with Gasteiger partial charge >= 0.3 is 0 Å². The number of nitrogens with zero attached hydrogens (tertiary/aromatic N) is 1. The van der Waals surface area contributed by atoms with E-state index in [0.29, 0.717) is 13.0 Å². The first-order chi connectivity index (χ1) is 10.1. The summed E-state index contributed by atoms with van der Waals surface area (Å²) in [6.07, 6.45) is 0.445. The molecule has 1 unspecified atom stereocenters. The third-order valence-corrected chi connectivity index (χ3v) is 3.80. The van der Waals surface area contributed by atoms with E-state index in [2.05, 4.69) is 19.1 Å². The van der Waals surface area contributed by atoms with E-state index >= 15 is 0 Å². The normalized spacial score (nSPS) is 13.2. The van der Waals surface area contributed by atoms with E-state index in [4.69, 9.17) is 10.5 Å². The Hall–Kier alpha value is -2.31. The smallest absolute Gasteiger partial charge is 0.133 e. The zero-order valence-corrected chi connectivity index (χ0v) is 12.5. The average Bonchev–Trinajstić information content (AvgIpc) is 2.52. The minimum atomic E-state index is -1.01. The summed E-state index contributed by atoms with van der Waals surface area (Å²) in [5.41, 5.74) is 8.32. The highest BCUT2D eigenvalue weighted by Crippen LogP contribution is 2.24. The number of hydrogen-bond acceptors (Lipinski definition) is 3. The second-order valence-electron chi connectivity index (χ2n) is 5.25. The first-order valence-corrected chi connectivity index (χ1v) is 7.01. The Morgan fingerprint density at radius 2 is 1.81 bits per heavy atom. The lowest BCUT2D eigenvalue weighted by Crippen LogP contribution is -2.36. The summed E-state index contributed by atoms with van der Waals surface area (Å²) in [4.78, 5) is 0. The first kappa shape index (κ1) is 15.1. The summed E-state index contributed by atoms with van der Waals surface area (Å²) >= 11 is 0. The van der Waals surface area contributed by atoms with Crippen molar-refractivity contribution in [2.75, 3.05) is 6.61 Å². The van der Waals surface area contributed by atoms with Crippen LogP contribution in [0.25, 0.3) is 0 Å². The molecule has 0 aliphatic rings. The molecule has 1 atom stereocenters. The molecule has 0 saturated heterocycles.